The summed E-state index contributed by atoms with van der Waals surface area (Å²) in [5.74, 6) is -1.50. The van der Waals surface area contributed by atoms with Crippen molar-refractivity contribution < 1.29 is 21.9 Å². The number of sulfone groups is 2. The molecular weight excluding hydrogens is 299 g/mol. The molecule has 0 radical (unpaired) electrons. The minimum absolute atomic E-state index is 0.101. The van der Waals surface area contributed by atoms with Gasteiger partial charge in [0.15, 0.2) is 19.7 Å². The van der Waals surface area contributed by atoms with Crippen LogP contribution in [0.15, 0.2) is 0 Å². The summed E-state index contributed by atoms with van der Waals surface area (Å²) in [6, 6.07) is 0. The SMILES string of the molecule is O=S(=O)(CCCl)CC(CO)S(=O)(=O)CCCl. The number of aliphatic hydroxyl groups excluding tert-OH is 1. The average Bonchev–Trinajstić information content (AvgIpc) is 2.13. The van der Waals surface area contributed by atoms with E-state index in [2.05, 4.69) is 0 Å². The maximum absolute atomic E-state index is 11.5. The molecule has 0 fully saturated rings. The van der Waals surface area contributed by atoms with Gasteiger partial charge in [-0.3, -0.25) is 0 Å². The van der Waals surface area contributed by atoms with E-state index in [1.165, 1.54) is 0 Å². The van der Waals surface area contributed by atoms with Crippen molar-refractivity contribution in [3.8, 4) is 0 Å². The summed E-state index contributed by atoms with van der Waals surface area (Å²) in [6.07, 6.45) is 0. The molecule has 0 heterocycles. The molecule has 0 saturated carbocycles. The highest BCUT2D eigenvalue weighted by Crippen LogP contribution is 2.08. The molecule has 0 aromatic rings. The molecule has 0 rings (SSSR count). The zero-order valence-corrected chi connectivity index (χ0v) is 11.6. The van der Waals surface area contributed by atoms with Crippen molar-refractivity contribution in [2.24, 2.45) is 0 Å². The molecule has 16 heavy (non-hydrogen) atoms. The van der Waals surface area contributed by atoms with Crippen LogP contribution in [0.3, 0.4) is 0 Å². The Morgan fingerprint density at radius 2 is 1.50 bits per heavy atom. The number of aliphatic hydroxyl groups is 1. The molecular formula is C7H14Cl2O5S2. The van der Waals surface area contributed by atoms with Gasteiger partial charge in [-0.15, -0.1) is 23.2 Å². The third-order valence-electron chi connectivity index (χ3n) is 1.90. The van der Waals surface area contributed by atoms with Gasteiger partial charge in [0.2, 0.25) is 0 Å². The fourth-order valence-corrected chi connectivity index (χ4v) is 5.68. The van der Waals surface area contributed by atoms with Crippen LogP contribution in [0.2, 0.25) is 0 Å². The highest BCUT2D eigenvalue weighted by molar-refractivity contribution is 7.95. The first-order valence-corrected chi connectivity index (χ1v) is 9.04. The summed E-state index contributed by atoms with van der Waals surface area (Å²) < 4.78 is 45.7. The fraction of sp³-hybridized carbons (Fsp3) is 1.00. The number of halogens is 2. The first-order valence-electron chi connectivity index (χ1n) is 4.44. The average molecular weight is 313 g/mol. The standard InChI is InChI=1S/C7H14Cl2O5S2/c8-1-3-15(11,12)6-7(5-10)16(13,14)4-2-9/h7,10H,1-6H2. The third kappa shape index (κ3) is 5.67. The lowest BCUT2D eigenvalue weighted by molar-refractivity contribution is 0.296. The van der Waals surface area contributed by atoms with Gasteiger partial charge < -0.3 is 5.11 Å². The summed E-state index contributed by atoms with van der Waals surface area (Å²) in [5, 5.41) is 7.58. The summed E-state index contributed by atoms with van der Waals surface area (Å²) in [5.41, 5.74) is 0. The lowest BCUT2D eigenvalue weighted by Crippen LogP contribution is -2.36. The van der Waals surface area contributed by atoms with E-state index in [4.69, 9.17) is 28.3 Å². The van der Waals surface area contributed by atoms with Crippen LogP contribution in [0.4, 0.5) is 0 Å². The maximum Gasteiger partial charge on any atom is 0.157 e. The van der Waals surface area contributed by atoms with E-state index in [9.17, 15) is 16.8 Å². The van der Waals surface area contributed by atoms with Crippen molar-refractivity contribution in [1.29, 1.82) is 0 Å². The zero-order valence-electron chi connectivity index (χ0n) is 8.47. The largest absolute Gasteiger partial charge is 0.395 e. The third-order valence-corrected chi connectivity index (χ3v) is 6.78. The van der Waals surface area contributed by atoms with Gasteiger partial charge in [-0.2, -0.15) is 0 Å². The Labute approximate surface area is 106 Å². The van der Waals surface area contributed by atoms with E-state index in [0.717, 1.165) is 0 Å². The van der Waals surface area contributed by atoms with Gasteiger partial charge in [0.1, 0.15) is 0 Å². The van der Waals surface area contributed by atoms with Crippen LogP contribution in [0.5, 0.6) is 0 Å². The van der Waals surface area contributed by atoms with Gasteiger partial charge in [-0.1, -0.05) is 0 Å². The monoisotopic (exact) mass is 312 g/mol. The predicted octanol–water partition coefficient (Wildman–Crippen LogP) is -0.345. The van der Waals surface area contributed by atoms with Gasteiger partial charge in [0.25, 0.3) is 0 Å². The van der Waals surface area contributed by atoms with Crippen LogP contribution < -0.4 is 0 Å². The van der Waals surface area contributed by atoms with E-state index in [-0.39, 0.29) is 23.3 Å². The Kier molecular flexibility index (Phi) is 7.20. The van der Waals surface area contributed by atoms with Crippen LogP contribution in [0, 0.1) is 0 Å². The second kappa shape index (κ2) is 7.00. The lowest BCUT2D eigenvalue weighted by atomic mass is 10.5. The van der Waals surface area contributed by atoms with Gasteiger partial charge in [-0.05, 0) is 0 Å². The number of hydrogen-bond acceptors (Lipinski definition) is 5. The van der Waals surface area contributed by atoms with Gasteiger partial charge in [0.05, 0.1) is 29.1 Å². The molecule has 1 atom stereocenters. The lowest BCUT2D eigenvalue weighted by Gasteiger charge is -2.14. The molecule has 0 aromatic carbocycles. The molecule has 0 saturated heterocycles. The number of alkyl halides is 2. The minimum atomic E-state index is -3.68. The van der Waals surface area contributed by atoms with Crippen molar-refractivity contribution in [2.75, 3.05) is 35.6 Å². The summed E-state index contributed by atoms with van der Waals surface area (Å²) in [7, 11) is -7.24. The molecule has 0 aliphatic rings. The minimum Gasteiger partial charge on any atom is -0.395 e. The van der Waals surface area contributed by atoms with Crippen LogP contribution in [-0.2, 0) is 19.7 Å². The molecule has 98 valence electrons. The molecule has 0 spiro atoms. The molecule has 1 N–H and O–H groups in total. The highest BCUT2D eigenvalue weighted by Gasteiger charge is 2.29. The Morgan fingerprint density at radius 3 is 1.88 bits per heavy atom. The van der Waals surface area contributed by atoms with Crippen LogP contribution >= 0.6 is 23.2 Å². The number of hydrogen-bond donors (Lipinski definition) is 1. The second-order valence-corrected chi connectivity index (χ2v) is 8.55. The van der Waals surface area contributed by atoms with Crippen molar-refractivity contribution in [1.82, 2.24) is 0 Å². The van der Waals surface area contributed by atoms with Crippen molar-refractivity contribution in [3.05, 3.63) is 0 Å². The summed E-state index contributed by atoms with van der Waals surface area (Å²) >= 11 is 10.6. The van der Waals surface area contributed by atoms with Gasteiger partial charge in [-0.25, -0.2) is 16.8 Å². The smallest absolute Gasteiger partial charge is 0.157 e. The van der Waals surface area contributed by atoms with Crippen LogP contribution in [0.25, 0.3) is 0 Å². The molecule has 0 aliphatic heterocycles. The second-order valence-electron chi connectivity index (χ2n) is 3.16. The number of rotatable bonds is 8. The van der Waals surface area contributed by atoms with E-state index in [0.29, 0.717) is 0 Å². The molecule has 0 bridgehead atoms. The maximum atomic E-state index is 11.5. The van der Waals surface area contributed by atoms with E-state index >= 15 is 0 Å². The Hall–Kier alpha value is 0.440. The Morgan fingerprint density at radius 1 is 1.00 bits per heavy atom. The van der Waals surface area contributed by atoms with E-state index in [1.807, 2.05) is 0 Å². The quantitative estimate of drug-likeness (QED) is 0.619. The topological polar surface area (TPSA) is 88.5 Å². The molecule has 0 amide bonds. The highest BCUT2D eigenvalue weighted by atomic mass is 35.5. The fourth-order valence-electron chi connectivity index (χ4n) is 1.03. The van der Waals surface area contributed by atoms with E-state index < -0.39 is 37.3 Å². The van der Waals surface area contributed by atoms with Crippen LogP contribution in [-0.4, -0.2) is 62.8 Å². The van der Waals surface area contributed by atoms with Gasteiger partial charge >= 0.3 is 0 Å². The summed E-state index contributed by atoms with van der Waals surface area (Å²) in [6.45, 7) is -0.735. The zero-order chi connectivity index (χ0) is 12.8. The van der Waals surface area contributed by atoms with E-state index in [1.54, 1.807) is 0 Å². The summed E-state index contributed by atoms with van der Waals surface area (Å²) in [4.78, 5) is 0. The first-order chi connectivity index (χ1) is 7.29. The Balaban J connectivity index is 4.78. The Bertz CT molecular complexity index is 389. The van der Waals surface area contributed by atoms with Crippen molar-refractivity contribution in [2.45, 2.75) is 5.25 Å². The molecule has 9 heteroatoms. The molecule has 0 aromatic heterocycles. The first kappa shape index (κ1) is 16.4. The predicted molar refractivity (Wildman–Crippen MR) is 64.8 cm³/mol. The van der Waals surface area contributed by atoms with Gasteiger partial charge in [0, 0.05) is 11.8 Å². The van der Waals surface area contributed by atoms with Crippen molar-refractivity contribution in [3.63, 3.8) is 0 Å². The molecule has 0 aliphatic carbocycles. The normalized spacial score (nSPS) is 14.9. The molecule has 5 nitrogen and oxygen atoms in total. The molecule has 1 unspecified atom stereocenters. The van der Waals surface area contributed by atoms with Crippen molar-refractivity contribution >= 4 is 42.9 Å². The van der Waals surface area contributed by atoms with Crippen LogP contribution in [0.1, 0.15) is 0 Å².